The molecule has 0 N–H and O–H groups in total. The zero-order chi connectivity index (χ0) is 15.0. The summed E-state index contributed by atoms with van der Waals surface area (Å²) in [5.41, 5.74) is 0.915. The van der Waals surface area contributed by atoms with Gasteiger partial charge in [-0.15, -0.1) is 0 Å². The van der Waals surface area contributed by atoms with Crippen molar-refractivity contribution in [2.75, 3.05) is 20.2 Å². The van der Waals surface area contributed by atoms with Gasteiger partial charge in [-0.1, -0.05) is 12.1 Å². The van der Waals surface area contributed by atoms with Crippen molar-refractivity contribution in [2.45, 2.75) is 26.2 Å². The molecule has 4 nitrogen and oxygen atoms in total. The van der Waals surface area contributed by atoms with Crippen LogP contribution in [-0.4, -0.2) is 37.0 Å². The monoisotopic (exact) mass is 281 g/mol. The molecule has 0 saturated carbocycles. The SMILES string of the molecule is CCOC(=O)CCN(C)C(=O)CCc1ccc(F)cc1. The standard InChI is InChI=1S/C15H20FNO3/c1-3-20-15(19)10-11-17(2)14(18)9-6-12-4-7-13(16)8-5-12/h4-5,7-8H,3,6,9-11H2,1-2H3. The van der Waals surface area contributed by atoms with E-state index in [1.807, 2.05) is 0 Å². The molecule has 1 rings (SSSR count). The minimum absolute atomic E-state index is 0.0429. The Hall–Kier alpha value is -1.91. The van der Waals surface area contributed by atoms with Crippen LogP contribution in [0.25, 0.3) is 0 Å². The predicted octanol–water partition coefficient (Wildman–Crippen LogP) is 2.17. The molecule has 0 unspecified atom stereocenters. The summed E-state index contributed by atoms with van der Waals surface area (Å²) in [7, 11) is 1.66. The maximum Gasteiger partial charge on any atom is 0.307 e. The van der Waals surface area contributed by atoms with Gasteiger partial charge in [-0.25, -0.2) is 4.39 Å². The lowest BCUT2D eigenvalue weighted by atomic mass is 10.1. The van der Waals surface area contributed by atoms with Crippen LogP contribution in [0.15, 0.2) is 24.3 Å². The lowest BCUT2D eigenvalue weighted by Gasteiger charge is -2.16. The molecular formula is C15H20FNO3. The van der Waals surface area contributed by atoms with E-state index in [4.69, 9.17) is 4.74 Å². The Labute approximate surface area is 118 Å². The average Bonchev–Trinajstić information content (AvgIpc) is 2.44. The molecule has 0 atom stereocenters. The Morgan fingerprint density at radius 2 is 1.85 bits per heavy atom. The molecule has 1 aromatic carbocycles. The van der Waals surface area contributed by atoms with E-state index in [2.05, 4.69) is 0 Å². The Bertz CT molecular complexity index is 445. The highest BCUT2D eigenvalue weighted by atomic mass is 19.1. The Balaban J connectivity index is 2.31. The smallest absolute Gasteiger partial charge is 0.307 e. The van der Waals surface area contributed by atoms with Gasteiger partial charge in [0, 0.05) is 20.0 Å². The van der Waals surface area contributed by atoms with Crippen LogP contribution in [0, 0.1) is 5.82 Å². The molecule has 0 spiro atoms. The van der Waals surface area contributed by atoms with Crippen molar-refractivity contribution in [2.24, 2.45) is 0 Å². The van der Waals surface area contributed by atoms with E-state index >= 15 is 0 Å². The maximum atomic E-state index is 12.7. The van der Waals surface area contributed by atoms with Crippen molar-refractivity contribution >= 4 is 11.9 Å². The summed E-state index contributed by atoms with van der Waals surface area (Å²) < 4.78 is 17.5. The summed E-state index contributed by atoms with van der Waals surface area (Å²) in [5, 5.41) is 0. The van der Waals surface area contributed by atoms with Crippen molar-refractivity contribution in [1.82, 2.24) is 4.90 Å². The first-order chi connectivity index (χ1) is 9.52. The molecule has 0 aromatic heterocycles. The molecule has 0 aliphatic carbocycles. The van der Waals surface area contributed by atoms with Gasteiger partial charge in [0.2, 0.25) is 5.91 Å². The van der Waals surface area contributed by atoms with Crippen LogP contribution in [0.1, 0.15) is 25.3 Å². The number of nitrogens with zero attached hydrogens (tertiary/aromatic N) is 1. The number of esters is 1. The van der Waals surface area contributed by atoms with Gasteiger partial charge in [0.1, 0.15) is 5.82 Å². The van der Waals surface area contributed by atoms with Crippen molar-refractivity contribution in [1.29, 1.82) is 0 Å². The largest absolute Gasteiger partial charge is 0.466 e. The van der Waals surface area contributed by atoms with Crippen LogP contribution in [0.5, 0.6) is 0 Å². The number of ether oxygens (including phenoxy) is 1. The Morgan fingerprint density at radius 1 is 1.20 bits per heavy atom. The third-order valence-corrected chi connectivity index (χ3v) is 2.92. The van der Waals surface area contributed by atoms with Crippen LogP contribution < -0.4 is 0 Å². The average molecular weight is 281 g/mol. The quantitative estimate of drug-likeness (QED) is 0.720. The molecule has 1 amide bonds. The van der Waals surface area contributed by atoms with Gasteiger partial charge in [0.25, 0.3) is 0 Å². The first kappa shape index (κ1) is 16.1. The summed E-state index contributed by atoms with van der Waals surface area (Å²) in [6, 6.07) is 6.09. The summed E-state index contributed by atoms with van der Waals surface area (Å²) >= 11 is 0. The van der Waals surface area contributed by atoms with Gasteiger partial charge < -0.3 is 9.64 Å². The van der Waals surface area contributed by atoms with Crippen LogP contribution >= 0.6 is 0 Å². The molecular weight excluding hydrogens is 261 g/mol. The van der Waals surface area contributed by atoms with E-state index in [-0.39, 0.29) is 24.1 Å². The van der Waals surface area contributed by atoms with Crippen molar-refractivity contribution < 1.29 is 18.7 Å². The molecule has 0 saturated heterocycles. The summed E-state index contributed by atoms with van der Waals surface area (Å²) in [6.45, 7) is 2.44. The summed E-state index contributed by atoms with van der Waals surface area (Å²) in [6.07, 6.45) is 1.10. The maximum absolute atomic E-state index is 12.7. The molecule has 1 aromatic rings. The van der Waals surface area contributed by atoms with Gasteiger partial charge >= 0.3 is 5.97 Å². The number of hydrogen-bond acceptors (Lipinski definition) is 3. The summed E-state index contributed by atoms with van der Waals surface area (Å²) in [4.78, 5) is 24.6. The van der Waals surface area contributed by atoms with Crippen LogP contribution in [0.2, 0.25) is 0 Å². The second-order valence-electron chi connectivity index (χ2n) is 4.50. The number of carbonyl (C=O) groups excluding carboxylic acids is 2. The molecule has 0 heterocycles. The fraction of sp³-hybridized carbons (Fsp3) is 0.467. The number of benzene rings is 1. The molecule has 0 aliphatic heterocycles. The molecule has 5 heteroatoms. The van der Waals surface area contributed by atoms with E-state index in [0.717, 1.165) is 5.56 Å². The lowest BCUT2D eigenvalue weighted by molar-refractivity contribution is -0.143. The zero-order valence-electron chi connectivity index (χ0n) is 11.9. The van der Waals surface area contributed by atoms with Gasteiger partial charge in [-0.05, 0) is 31.0 Å². The topological polar surface area (TPSA) is 46.6 Å². The number of halogens is 1. The fourth-order valence-electron chi connectivity index (χ4n) is 1.71. The molecule has 110 valence electrons. The predicted molar refractivity (Wildman–Crippen MR) is 73.6 cm³/mol. The molecule has 0 aliphatic rings. The number of rotatable bonds is 7. The highest BCUT2D eigenvalue weighted by Crippen LogP contribution is 2.06. The number of hydrogen-bond donors (Lipinski definition) is 0. The minimum atomic E-state index is -0.300. The highest BCUT2D eigenvalue weighted by Gasteiger charge is 2.11. The van der Waals surface area contributed by atoms with Gasteiger partial charge in [-0.2, -0.15) is 0 Å². The number of amides is 1. The van der Waals surface area contributed by atoms with Gasteiger partial charge in [-0.3, -0.25) is 9.59 Å². The highest BCUT2D eigenvalue weighted by molar-refractivity contribution is 5.77. The normalized spacial score (nSPS) is 10.2. The Kier molecular flexibility index (Phi) is 6.70. The van der Waals surface area contributed by atoms with E-state index < -0.39 is 0 Å². The number of aryl methyl sites for hydroxylation is 1. The van der Waals surface area contributed by atoms with E-state index in [1.165, 1.54) is 17.0 Å². The molecule has 0 radical (unpaired) electrons. The third-order valence-electron chi connectivity index (χ3n) is 2.92. The van der Waals surface area contributed by atoms with Crippen LogP contribution in [0.3, 0.4) is 0 Å². The molecule has 0 fully saturated rings. The zero-order valence-corrected chi connectivity index (χ0v) is 11.9. The Morgan fingerprint density at radius 3 is 2.45 bits per heavy atom. The van der Waals surface area contributed by atoms with Crippen LogP contribution in [0.4, 0.5) is 4.39 Å². The van der Waals surface area contributed by atoms with Gasteiger partial charge in [0.15, 0.2) is 0 Å². The van der Waals surface area contributed by atoms with Crippen molar-refractivity contribution in [3.05, 3.63) is 35.6 Å². The van der Waals surface area contributed by atoms with Gasteiger partial charge in [0.05, 0.1) is 13.0 Å². The second kappa shape index (κ2) is 8.30. The van der Waals surface area contributed by atoms with E-state index in [0.29, 0.717) is 26.0 Å². The minimum Gasteiger partial charge on any atom is -0.466 e. The van der Waals surface area contributed by atoms with E-state index in [1.54, 1.807) is 26.1 Å². The lowest BCUT2D eigenvalue weighted by Crippen LogP contribution is -2.29. The third kappa shape index (κ3) is 5.82. The number of carbonyl (C=O) groups is 2. The van der Waals surface area contributed by atoms with E-state index in [9.17, 15) is 14.0 Å². The van der Waals surface area contributed by atoms with Crippen LogP contribution in [-0.2, 0) is 20.7 Å². The first-order valence-electron chi connectivity index (χ1n) is 6.67. The molecule has 20 heavy (non-hydrogen) atoms. The van der Waals surface area contributed by atoms with Crippen molar-refractivity contribution in [3.8, 4) is 0 Å². The first-order valence-corrected chi connectivity index (χ1v) is 6.67. The summed E-state index contributed by atoms with van der Waals surface area (Å²) in [5.74, 6) is -0.629. The second-order valence-corrected chi connectivity index (χ2v) is 4.50. The fourth-order valence-corrected chi connectivity index (χ4v) is 1.71. The molecule has 0 bridgehead atoms. The van der Waals surface area contributed by atoms with Crippen molar-refractivity contribution in [3.63, 3.8) is 0 Å².